The molecule has 0 unspecified atom stereocenters. The van der Waals surface area contributed by atoms with Gasteiger partial charge in [0.1, 0.15) is 11.3 Å². The van der Waals surface area contributed by atoms with Gasteiger partial charge in [-0.1, -0.05) is 27.2 Å². The number of aliphatic hydroxyl groups is 1. The number of aromatic nitrogens is 7. The summed E-state index contributed by atoms with van der Waals surface area (Å²) in [6, 6.07) is 7.74. The maximum Gasteiger partial charge on any atom is 0.137 e. The molecule has 4 aromatic heterocycles. The molecule has 0 amide bonds. The Labute approximate surface area is 161 Å². The minimum absolute atomic E-state index is 0.00497. The van der Waals surface area contributed by atoms with Gasteiger partial charge >= 0.3 is 0 Å². The van der Waals surface area contributed by atoms with Gasteiger partial charge in [0.25, 0.3) is 0 Å². The lowest BCUT2D eigenvalue weighted by Gasteiger charge is -2.00. The molecule has 9 heteroatoms. The average Bonchev–Trinajstić information content (AvgIpc) is 3.39. The summed E-state index contributed by atoms with van der Waals surface area (Å²) >= 11 is 3.52. The van der Waals surface area contributed by atoms with E-state index in [4.69, 9.17) is 0 Å². The molecule has 4 heterocycles. The Morgan fingerprint density at radius 3 is 2.96 bits per heavy atom. The van der Waals surface area contributed by atoms with E-state index >= 15 is 0 Å². The predicted octanol–water partition coefficient (Wildman–Crippen LogP) is 2.77. The molecule has 0 fully saturated rings. The Kier molecular flexibility index (Phi) is 3.76. The van der Waals surface area contributed by atoms with Crippen molar-refractivity contribution < 1.29 is 5.11 Å². The number of pyridine rings is 1. The van der Waals surface area contributed by atoms with Gasteiger partial charge in [0.2, 0.25) is 0 Å². The fourth-order valence-electron chi connectivity index (χ4n) is 3.15. The lowest BCUT2D eigenvalue weighted by atomic mass is 10.1. The fourth-order valence-corrected chi connectivity index (χ4v) is 3.61. The molecular formula is C18H14BrN7O. The van der Waals surface area contributed by atoms with Crippen molar-refractivity contribution in [3.8, 4) is 11.3 Å². The van der Waals surface area contributed by atoms with Crippen LogP contribution in [-0.2, 0) is 13.2 Å². The Morgan fingerprint density at radius 2 is 2.07 bits per heavy atom. The minimum Gasteiger partial charge on any atom is -0.392 e. The van der Waals surface area contributed by atoms with Crippen molar-refractivity contribution in [1.82, 2.24) is 34.6 Å². The maximum absolute atomic E-state index is 9.26. The van der Waals surface area contributed by atoms with E-state index in [9.17, 15) is 5.11 Å². The van der Waals surface area contributed by atoms with Crippen molar-refractivity contribution in [1.29, 1.82) is 0 Å². The summed E-state index contributed by atoms with van der Waals surface area (Å²) in [5.74, 6) is 0. The second-order valence-corrected chi connectivity index (χ2v) is 7.19. The number of rotatable bonds is 4. The van der Waals surface area contributed by atoms with Crippen molar-refractivity contribution in [2.24, 2.45) is 0 Å². The number of H-pyrrole nitrogens is 1. The van der Waals surface area contributed by atoms with Crippen LogP contribution in [-0.4, -0.2) is 39.7 Å². The first kappa shape index (κ1) is 16.2. The van der Waals surface area contributed by atoms with Crippen LogP contribution in [0.3, 0.4) is 0 Å². The summed E-state index contributed by atoms with van der Waals surface area (Å²) in [5, 5.41) is 25.9. The Hall–Kier alpha value is -3.04. The largest absolute Gasteiger partial charge is 0.392 e. The third-order valence-corrected chi connectivity index (χ3v) is 4.86. The number of hydrogen-bond donors (Lipinski definition) is 2. The number of imidazole rings is 1. The first-order chi connectivity index (χ1) is 13.2. The van der Waals surface area contributed by atoms with Gasteiger partial charge in [-0.2, -0.15) is 5.10 Å². The first-order valence-electron chi connectivity index (χ1n) is 8.30. The van der Waals surface area contributed by atoms with Crippen molar-refractivity contribution in [2.45, 2.75) is 13.2 Å². The summed E-state index contributed by atoms with van der Waals surface area (Å²) < 4.78 is 4.61. The zero-order valence-electron chi connectivity index (χ0n) is 14.0. The molecule has 5 rings (SSSR count). The van der Waals surface area contributed by atoms with E-state index in [0.717, 1.165) is 43.5 Å². The van der Waals surface area contributed by atoms with Crippen LogP contribution >= 0.6 is 15.9 Å². The van der Waals surface area contributed by atoms with Crippen LogP contribution in [0.15, 0.2) is 53.5 Å². The van der Waals surface area contributed by atoms with E-state index in [1.54, 1.807) is 10.9 Å². The first-order valence-corrected chi connectivity index (χ1v) is 9.09. The highest BCUT2D eigenvalue weighted by molar-refractivity contribution is 9.10. The number of hydrogen-bond acceptors (Lipinski definition) is 5. The van der Waals surface area contributed by atoms with Crippen LogP contribution in [0.1, 0.15) is 11.3 Å². The van der Waals surface area contributed by atoms with E-state index in [0.29, 0.717) is 6.54 Å². The Morgan fingerprint density at radius 1 is 1.15 bits per heavy atom. The van der Waals surface area contributed by atoms with Crippen LogP contribution < -0.4 is 0 Å². The molecule has 134 valence electrons. The molecule has 2 N–H and O–H groups in total. The van der Waals surface area contributed by atoms with Crippen LogP contribution in [0.2, 0.25) is 0 Å². The van der Waals surface area contributed by atoms with Gasteiger partial charge in [-0.3, -0.25) is 5.10 Å². The van der Waals surface area contributed by atoms with E-state index in [1.165, 1.54) is 0 Å². The molecule has 1 aromatic carbocycles. The minimum atomic E-state index is 0.00497. The van der Waals surface area contributed by atoms with Crippen LogP contribution in [0, 0.1) is 0 Å². The highest BCUT2D eigenvalue weighted by atomic mass is 79.9. The standard InChI is InChI=1S/C18H14BrN7O/c19-12-3-14(15-5-20-22-16(15)4-12)17-9-26(24-23-17)8-13-7-25-6-11(10-27)1-2-18(25)21-13/h1-7,9,27H,8,10H2,(H,20,22). The van der Waals surface area contributed by atoms with Gasteiger partial charge in [0.15, 0.2) is 0 Å². The summed E-state index contributed by atoms with van der Waals surface area (Å²) in [6.45, 7) is 0.511. The van der Waals surface area contributed by atoms with Crippen molar-refractivity contribution >= 4 is 32.5 Å². The third kappa shape index (κ3) is 2.90. The van der Waals surface area contributed by atoms with Crippen LogP contribution in [0.5, 0.6) is 0 Å². The number of aliphatic hydroxyl groups excluding tert-OH is 1. The van der Waals surface area contributed by atoms with E-state index in [-0.39, 0.29) is 6.61 Å². The predicted molar refractivity (Wildman–Crippen MR) is 103 cm³/mol. The molecule has 0 aliphatic carbocycles. The molecule has 0 saturated heterocycles. The molecular weight excluding hydrogens is 410 g/mol. The van der Waals surface area contributed by atoms with Gasteiger partial charge in [-0.05, 0) is 23.8 Å². The number of halogens is 1. The third-order valence-electron chi connectivity index (χ3n) is 4.41. The van der Waals surface area contributed by atoms with Gasteiger partial charge < -0.3 is 9.51 Å². The molecule has 0 radical (unpaired) electrons. The average molecular weight is 424 g/mol. The summed E-state index contributed by atoms with van der Waals surface area (Å²) in [6.07, 6.45) is 7.49. The quantitative estimate of drug-likeness (QED) is 0.463. The molecule has 0 atom stereocenters. The normalized spacial score (nSPS) is 11.6. The SMILES string of the molecule is OCc1ccc2nc(Cn3cc(-c4cc(Br)cc5[nH]ncc45)nn3)cn2c1. The summed E-state index contributed by atoms with van der Waals surface area (Å²) in [4.78, 5) is 4.59. The van der Waals surface area contributed by atoms with Gasteiger partial charge in [0, 0.05) is 27.8 Å². The smallest absolute Gasteiger partial charge is 0.137 e. The molecule has 8 nitrogen and oxygen atoms in total. The second kappa shape index (κ2) is 6.29. The monoisotopic (exact) mass is 423 g/mol. The number of aromatic amines is 1. The van der Waals surface area contributed by atoms with Crippen LogP contribution in [0.25, 0.3) is 27.8 Å². The van der Waals surface area contributed by atoms with E-state index in [1.807, 2.05) is 47.3 Å². The number of fused-ring (bicyclic) bond motifs is 2. The summed E-state index contributed by atoms with van der Waals surface area (Å²) in [5.41, 5.74) is 5.21. The number of benzene rings is 1. The molecule has 0 aliphatic heterocycles. The molecule has 0 saturated carbocycles. The van der Waals surface area contributed by atoms with Gasteiger partial charge in [0.05, 0.1) is 36.8 Å². The molecule has 0 aliphatic rings. The zero-order chi connectivity index (χ0) is 18.4. The number of nitrogens with one attached hydrogen (secondary N) is 1. The fraction of sp³-hybridized carbons (Fsp3) is 0.111. The summed E-state index contributed by atoms with van der Waals surface area (Å²) in [7, 11) is 0. The maximum atomic E-state index is 9.26. The van der Waals surface area contributed by atoms with Crippen molar-refractivity contribution in [2.75, 3.05) is 0 Å². The van der Waals surface area contributed by atoms with E-state index in [2.05, 4.69) is 41.4 Å². The van der Waals surface area contributed by atoms with Crippen molar-refractivity contribution in [3.05, 3.63) is 64.8 Å². The Bertz CT molecular complexity index is 1270. The Balaban J connectivity index is 1.48. The molecule has 0 bridgehead atoms. The van der Waals surface area contributed by atoms with Gasteiger partial charge in [-0.15, -0.1) is 5.10 Å². The van der Waals surface area contributed by atoms with Gasteiger partial charge in [-0.25, -0.2) is 9.67 Å². The van der Waals surface area contributed by atoms with Crippen LogP contribution in [0.4, 0.5) is 0 Å². The number of nitrogens with zero attached hydrogens (tertiary/aromatic N) is 6. The molecule has 5 aromatic rings. The molecule has 27 heavy (non-hydrogen) atoms. The van der Waals surface area contributed by atoms with E-state index < -0.39 is 0 Å². The lowest BCUT2D eigenvalue weighted by Crippen LogP contribution is -2.00. The molecule has 0 spiro atoms. The highest BCUT2D eigenvalue weighted by Gasteiger charge is 2.12. The second-order valence-electron chi connectivity index (χ2n) is 6.28. The highest BCUT2D eigenvalue weighted by Crippen LogP contribution is 2.29. The van der Waals surface area contributed by atoms with Crippen molar-refractivity contribution in [3.63, 3.8) is 0 Å². The zero-order valence-corrected chi connectivity index (χ0v) is 15.6. The lowest BCUT2D eigenvalue weighted by molar-refractivity contribution is 0.281. The topological polar surface area (TPSA) is 96.9 Å².